The molecule has 1 aliphatic rings. The number of hydrogen-bond acceptors (Lipinski definition) is 5. The summed E-state index contributed by atoms with van der Waals surface area (Å²) in [5.74, 6) is 6.35. The predicted molar refractivity (Wildman–Crippen MR) is 117 cm³/mol. The molecule has 0 radical (unpaired) electrons. The molecule has 0 bridgehead atoms. The van der Waals surface area contributed by atoms with Gasteiger partial charge in [-0.2, -0.15) is 0 Å². The van der Waals surface area contributed by atoms with E-state index in [0.29, 0.717) is 17.4 Å². The van der Waals surface area contributed by atoms with E-state index in [1.807, 2.05) is 12.1 Å². The Hall–Kier alpha value is -2.86. The van der Waals surface area contributed by atoms with E-state index in [4.69, 9.17) is 16.3 Å². The van der Waals surface area contributed by atoms with Crippen LogP contribution in [0.15, 0.2) is 33.9 Å². The van der Waals surface area contributed by atoms with Crippen LogP contribution in [0.1, 0.15) is 30.7 Å². The van der Waals surface area contributed by atoms with E-state index in [0.717, 1.165) is 23.0 Å². The van der Waals surface area contributed by atoms with E-state index in [-0.39, 0.29) is 37.0 Å². The van der Waals surface area contributed by atoms with Crippen molar-refractivity contribution in [2.24, 2.45) is 7.05 Å². The Morgan fingerprint density at radius 3 is 2.61 bits per heavy atom. The number of ether oxygens (including phenoxy) is 1. The van der Waals surface area contributed by atoms with Crippen LogP contribution in [0.3, 0.4) is 0 Å². The van der Waals surface area contributed by atoms with Gasteiger partial charge < -0.3 is 14.4 Å². The van der Waals surface area contributed by atoms with Crippen molar-refractivity contribution in [1.29, 1.82) is 0 Å². The summed E-state index contributed by atoms with van der Waals surface area (Å²) in [4.78, 5) is 30.2. The van der Waals surface area contributed by atoms with E-state index >= 15 is 0 Å². The largest absolute Gasteiger partial charge is 0.395 e. The SMILES string of the molecule is Cn1c(=O)n(CCO)c(=O)c2c1nc(C#CCOC1CCC1)n2Cc1ccc(Cl)cc1. The Kier molecular flexibility index (Phi) is 6.28. The minimum absolute atomic E-state index is 0.0934. The smallest absolute Gasteiger partial charge is 0.332 e. The zero-order chi connectivity index (χ0) is 22.0. The van der Waals surface area contributed by atoms with Gasteiger partial charge in [-0.05, 0) is 42.9 Å². The topological polar surface area (TPSA) is 91.3 Å². The number of imidazole rings is 1. The Balaban J connectivity index is 1.82. The molecule has 1 aliphatic carbocycles. The maximum atomic E-state index is 13.1. The number of fused-ring (bicyclic) bond motifs is 1. The molecule has 9 heteroatoms. The van der Waals surface area contributed by atoms with Gasteiger partial charge in [0, 0.05) is 12.1 Å². The third kappa shape index (κ3) is 4.30. The second kappa shape index (κ2) is 9.10. The monoisotopic (exact) mass is 442 g/mol. The van der Waals surface area contributed by atoms with Crippen molar-refractivity contribution < 1.29 is 9.84 Å². The first-order valence-corrected chi connectivity index (χ1v) is 10.5. The van der Waals surface area contributed by atoms with Crippen LogP contribution in [0.4, 0.5) is 0 Å². The van der Waals surface area contributed by atoms with Crippen LogP contribution < -0.4 is 11.2 Å². The zero-order valence-electron chi connectivity index (χ0n) is 17.2. The molecule has 0 spiro atoms. The summed E-state index contributed by atoms with van der Waals surface area (Å²) in [7, 11) is 1.55. The number of hydrogen-bond donors (Lipinski definition) is 1. The number of rotatable bonds is 6. The molecule has 1 fully saturated rings. The standard InChI is InChI=1S/C22H23ClN4O4/c1-25-20-19(21(29)26(11-12-28)22(25)30)27(14-15-7-9-16(23)10-8-15)18(24-20)6-3-13-31-17-4-2-5-17/h7-10,17,28H,2,4-5,11-14H2,1H3. The molecule has 4 rings (SSSR count). The fraction of sp³-hybridized carbons (Fsp3) is 0.409. The lowest BCUT2D eigenvalue weighted by Crippen LogP contribution is -2.40. The van der Waals surface area contributed by atoms with Crippen molar-refractivity contribution in [1.82, 2.24) is 18.7 Å². The Bertz CT molecular complexity index is 1270. The summed E-state index contributed by atoms with van der Waals surface area (Å²) in [6.07, 6.45) is 3.57. The van der Waals surface area contributed by atoms with Crippen LogP contribution in [-0.4, -0.2) is 43.1 Å². The molecule has 0 atom stereocenters. The molecule has 2 aromatic heterocycles. The second-order valence-corrected chi connectivity index (χ2v) is 7.94. The van der Waals surface area contributed by atoms with Gasteiger partial charge in [-0.15, -0.1) is 0 Å². The minimum Gasteiger partial charge on any atom is -0.395 e. The lowest BCUT2D eigenvalue weighted by atomic mass is 9.96. The predicted octanol–water partition coefficient (Wildman–Crippen LogP) is 1.51. The summed E-state index contributed by atoms with van der Waals surface area (Å²) >= 11 is 6.00. The van der Waals surface area contributed by atoms with Gasteiger partial charge in [0.05, 0.1) is 25.8 Å². The first-order chi connectivity index (χ1) is 15.0. The van der Waals surface area contributed by atoms with Crippen molar-refractivity contribution in [3.63, 3.8) is 0 Å². The number of aryl methyl sites for hydroxylation is 1. The fourth-order valence-corrected chi connectivity index (χ4v) is 3.63. The van der Waals surface area contributed by atoms with Gasteiger partial charge >= 0.3 is 5.69 Å². The van der Waals surface area contributed by atoms with E-state index in [9.17, 15) is 14.7 Å². The fourth-order valence-electron chi connectivity index (χ4n) is 3.50. The highest BCUT2D eigenvalue weighted by atomic mass is 35.5. The molecule has 1 saturated carbocycles. The third-order valence-electron chi connectivity index (χ3n) is 5.45. The van der Waals surface area contributed by atoms with Crippen LogP contribution >= 0.6 is 11.6 Å². The lowest BCUT2D eigenvalue weighted by molar-refractivity contribution is 0.0217. The van der Waals surface area contributed by atoms with Gasteiger partial charge in [-0.3, -0.25) is 13.9 Å². The Morgan fingerprint density at radius 1 is 1.23 bits per heavy atom. The number of benzene rings is 1. The maximum absolute atomic E-state index is 13.1. The zero-order valence-corrected chi connectivity index (χ0v) is 17.9. The molecule has 1 N–H and O–H groups in total. The normalized spacial score (nSPS) is 13.8. The van der Waals surface area contributed by atoms with Gasteiger partial charge in [-0.1, -0.05) is 29.7 Å². The number of aromatic nitrogens is 4. The first kappa shape index (κ1) is 21.4. The molecule has 3 aromatic rings. The van der Waals surface area contributed by atoms with E-state index in [1.165, 1.54) is 11.0 Å². The molecule has 0 saturated heterocycles. The lowest BCUT2D eigenvalue weighted by Gasteiger charge is -2.24. The minimum atomic E-state index is -0.532. The van der Waals surface area contributed by atoms with Crippen LogP contribution in [0.2, 0.25) is 5.02 Å². The van der Waals surface area contributed by atoms with E-state index < -0.39 is 11.2 Å². The summed E-state index contributed by atoms with van der Waals surface area (Å²) in [6.45, 7) is 0.192. The molecule has 8 nitrogen and oxygen atoms in total. The van der Waals surface area contributed by atoms with Crippen LogP contribution in [0, 0.1) is 11.8 Å². The Labute approximate surface area is 183 Å². The van der Waals surface area contributed by atoms with Gasteiger partial charge in [0.25, 0.3) is 5.56 Å². The highest BCUT2D eigenvalue weighted by Crippen LogP contribution is 2.21. The maximum Gasteiger partial charge on any atom is 0.332 e. The van der Waals surface area contributed by atoms with Crippen molar-refractivity contribution in [2.75, 3.05) is 13.2 Å². The highest BCUT2D eigenvalue weighted by molar-refractivity contribution is 6.30. The average Bonchev–Trinajstić information content (AvgIpc) is 3.08. The highest BCUT2D eigenvalue weighted by Gasteiger charge is 2.20. The van der Waals surface area contributed by atoms with Crippen LogP contribution in [0.25, 0.3) is 11.2 Å². The van der Waals surface area contributed by atoms with E-state index in [1.54, 1.807) is 23.7 Å². The molecular weight excluding hydrogens is 420 g/mol. The van der Waals surface area contributed by atoms with Crippen molar-refractivity contribution >= 4 is 22.8 Å². The number of halogens is 1. The molecule has 0 amide bonds. The summed E-state index contributed by atoms with van der Waals surface area (Å²) in [6, 6.07) is 7.26. The van der Waals surface area contributed by atoms with E-state index in [2.05, 4.69) is 16.8 Å². The third-order valence-corrected chi connectivity index (χ3v) is 5.71. The van der Waals surface area contributed by atoms with Crippen LogP contribution in [0.5, 0.6) is 0 Å². The van der Waals surface area contributed by atoms with Gasteiger partial charge in [-0.25, -0.2) is 9.78 Å². The first-order valence-electron chi connectivity index (χ1n) is 10.2. The summed E-state index contributed by atoms with van der Waals surface area (Å²) in [5, 5.41) is 9.91. The van der Waals surface area contributed by atoms with Gasteiger partial charge in [0.1, 0.15) is 6.61 Å². The summed E-state index contributed by atoms with van der Waals surface area (Å²) < 4.78 is 9.71. The molecule has 0 unspecified atom stereocenters. The van der Waals surface area contributed by atoms with Gasteiger partial charge in [0.15, 0.2) is 17.0 Å². The molecule has 162 valence electrons. The number of aliphatic hydroxyl groups excluding tert-OH is 1. The molecule has 1 aromatic carbocycles. The quantitative estimate of drug-likeness (QED) is 0.584. The Morgan fingerprint density at radius 2 is 1.97 bits per heavy atom. The summed E-state index contributed by atoms with van der Waals surface area (Å²) in [5.41, 5.74) is 0.374. The van der Waals surface area contributed by atoms with Crippen molar-refractivity contribution in [3.8, 4) is 11.8 Å². The number of aliphatic hydroxyl groups is 1. The van der Waals surface area contributed by atoms with Crippen molar-refractivity contribution in [3.05, 3.63) is 61.5 Å². The molecule has 31 heavy (non-hydrogen) atoms. The average molecular weight is 443 g/mol. The molecule has 0 aliphatic heterocycles. The van der Waals surface area contributed by atoms with Crippen molar-refractivity contribution in [2.45, 2.75) is 38.5 Å². The van der Waals surface area contributed by atoms with Gasteiger partial charge in [0.2, 0.25) is 0 Å². The second-order valence-electron chi connectivity index (χ2n) is 7.51. The molecular formula is C22H23ClN4O4. The number of nitrogens with zero attached hydrogens (tertiary/aromatic N) is 4. The molecule has 2 heterocycles. The van der Waals surface area contributed by atoms with Crippen LogP contribution in [-0.2, 0) is 24.9 Å².